The van der Waals surface area contributed by atoms with Crippen molar-refractivity contribution in [3.63, 3.8) is 0 Å². The van der Waals surface area contributed by atoms with Crippen LogP contribution >= 0.6 is 11.6 Å². The first-order valence-electron chi connectivity index (χ1n) is 9.33. The Morgan fingerprint density at radius 2 is 1.55 bits per heavy atom. The molecule has 0 N–H and O–H groups in total. The zero-order valence-corrected chi connectivity index (χ0v) is 17.4. The third kappa shape index (κ3) is 3.73. The van der Waals surface area contributed by atoms with Crippen LogP contribution in [-0.4, -0.2) is 24.5 Å². The fraction of sp³-hybridized carbons (Fsp3) is 0.174. The quantitative estimate of drug-likeness (QED) is 0.538. The highest BCUT2D eigenvalue weighted by molar-refractivity contribution is 7.89. The molecule has 4 rings (SSSR count). The highest BCUT2D eigenvalue weighted by Crippen LogP contribution is 2.44. The van der Waals surface area contributed by atoms with E-state index in [4.69, 9.17) is 11.6 Å². The van der Waals surface area contributed by atoms with E-state index in [1.54, 1.807) is 48.5 Å². The van der Waals surface area contributed by atoms with Gasteiger partial charge in [-0.05, 0) is 55.3 Å². The Balaban J connectivity index is 1.73. The molecule has 4 nitrogen and oxygen atoms in total. The second-order valence-corrected chi connectivity index (χ2v) is 9.48. The van der Waals surface area contributed by atoms with E-state index >= 15 is 0 Å². The van der Waals surface area contributed by atoms with E-state index < -0.39 is 16.1 Å². The molecule has 29 heavy (non-hydrogen) atoms. The fourth-order valence-electron chi connectivity index (χ4n) is 3.65. The highest BCUT2D eigenvalue weighted by atomic mass is 35.5. The number of ketones is 1. The van der Waals surface area contributed by atoms with Gasteiger partial charge in [0.05, 0.1) is 17.0 Å². The number of Topliss-reactive ketones (excluding diaryl/α,β-unsaturated/α-hetero) is 1. The lowest BCUT2D eigenvalue weighted by Crippen LogP contribution is -2.56. The number of halogens is 1. The minimum atomic E-state index is -3.84. The Morgan fingerprint density at radius 3 is 2.17 bits per heavy atom. The van der Waals surface area contributed by atoms with Crippen LogP contribution in [0.1, 0.15) is 33.9 Å². The van der Waals surface area contributed by atoms with Gasteiger partial charge in [-0.2, -0.15) is 4.31 Å². The maximum absolute atomic E-state index is 13.5. The first kappa shape index (κ1) is 19.8. The number of benzene rings is 3. The van der Waals surface area contributed by atoms with E-state index in [9.17, 15) is 13.2 Å². The molecule has 1 saturated heterocycles. The number of nitrogens with zero attached hydrogens (tertiary/aromatic N) is 1. The third-order valence-electron chi connectivity index (χ3n) is 5.27. The lowest BCUT2D eigenvalue weighted by Gasteiger charge is -2.46. The van der Waals surface area contributed by atoms with Crippen LogP contribution in [0, 0.1) is 6.92 Å². The number of hydrogen-bond donors (Lipinski definition) is 0. The van der Waals surface area contributed by atoms with Gasteiger partial charge in [0.25, 0.3) is 0 Å². The zero-order valence-electron chi connectivity index (χ0n) is 15.8. The number of sulfonamides is 1. The van der Waals surface area contributed by atoms with Gasteiger partial charge in [0.2, 0.25) is 10.0 Å². The maximum atomic E-state index is 13.5. The molecule has 6 heteroatoms. The second-order valence-electron chi connectivity index (χ2n) is 7.20. The van der Waals surface area contributed by atoms with Gasteiger partial charge in [0.15, 0.2) is 5.78 Å². The molecule has 1 aliphatic heterocycles. The molecule has 1 heterocycles. The van der Waals surface area contributed by atoms with Crippen molar-refractivity contribution in [2.45, 2.75) is 30.3 Å². The van der Waals surface area contributed by atoms with E-state index in [0.29, 0.717) is 17.0 Å². The van der Waals surface area contributed by atoms with Gasteiger partial charge < -0.3 is 0 Å². The van der Waals surface area contributed by atoms with Crippen LogP contribution in [0.25, 0.3) is 0 Å². The topological polar surface area (TPSA) is 54.5 Å². The Bertz CT molecular complexity index is 1130. The molecule has 2 atom stereocenters. The van der Waals surface area contributed by atoms with E-state index in [1.165, 1.54) is 4.31 Å². The van der Waals surface area contributed by atoms with Crippen molar-refractivity contribution in [2.75, 3.05) is 0 Å². The van der Waals surface area contributed by atoms with E-state index in [0.717, 1.165) is 11.1 Å². The molecule has 0 amide bonds. The predicted molar refractivity (Wildman–Crippen MR) is 114 cm³/mol. The van der Waals surface area contributed by atoms with Gasteiger partial charge in [0.1, 0.15) is 0 Å². The molecule has 0 radical (unpaired) electrons. The lowest BCUT2D eigenvalue weighted by molar-refractivity contribution is 0.0638. The van der Waals surface area contributed by atoms with E-state index in [1.807, 2.05) is 37.3 Å². The van der Waals surface area contributed by atoms with Crippen LogP contribution in [0.2, 0.25) is 5.02 Å². The molecule has 0 unspecified atom stereocenters. The molecular weight excluding hydrogens is 406 g/mol. The molecule has 3 aromatic rings. The molecule has 0 saturated carbocycles. The minimum Gasteiger partial charge on any atom is -0.292 e. The van der Waals surface area contributed by atoms with Crippen molar-refractivity contribution in [3.8, 4) is 0 Å². The van der Waals surface area contributed by atoms with Gasteiger partial charge in [-0.15, -0.1) is 0 Å². The fourth-order valence-corrected chi connectivity index (χ4v) is 5.56. The van der Waals surface area contributed by atoms with Crippen molar-refractivity contribution in [1.82, 2.24) is 4.31 Å². The van der Waals surface area contributed by atoms with Crippen molar-refractivity contribution in [1.29, 1.82) is 0 Å². The monoisotopic (exact) mass is 425 g/mol. The summed E-state index contributed by atoms with van der Waals surface area (Å²) in [5.41, 5.74) is 2.30. The summed E-state index contributed by atoms with van der Waals surface area (Å²) in [5.74, 6) is -0.218. The summed E-state index contributed by atoms with van der Waals surface area (Å²) in [6.45, 7) is 1.90. The van der Waals surface area contributed by atoms with Gasteiger partial charge in [-0.3, -0.25) is 4.79 Å². The van der Waals surface area contributed by atoms with Crippen LogP contribution in [-0.2, 0) is 10.0 Å². The van der Waals surface area contributed by atoms with Crippen molar-refractivity contribution >= 4 is 27.4 Å². The summed E-state index contributed by atoms with van der Waals surface area (Å²) in [7, 11) is -3.84. The van der Waals surface area contributed by atoms with Crippen molar-refractivity contribution in [3.05, 3.63) is 101 Å². The normalized spacial score (nSPS) is 19.5. The third-order valence-corrected chi connectivity index (χ3v) is 7.46. The van der Waals surface area contributed by atoms with Gasteiger partial charge in [0, 0.05) is 10.6 Å². The highest BCUT2D eigenvalue weighted by Gasteiger charge is 2.50. The molecule has 0 aliphatic carbocycles. The summed E-state index contributed by atoms with van der Waals surface area (Å²) in [4.78, 5) is 13.3. The summed E-state index contributed by atoms with van der Waals surface area (Å²) < 4.78 is 28.3. The van der Waals surface area contributed by atoms with Crippen LogP contribution in [0.15, 0.2) is 83.8 Å². The predicted octanol–water partition coefficient (Wildman–Crippen LogP) is 5.04. The van der Waals surface area contributed by atoms with E-state index in [-0.39, 0.29) is 16.7 Å². The molecule has 0 aromatic heterocycles. The zero-order chi connectivity index (χ0) is 20.6. The van der Waals surface area contributed by atoms with Gasteiger partial charge in [-0.25, -0.2) is 8.42 Å². The molecule has 1 fully saturated rings. The number of rotatable bonds is 5. The maximum Gasteiger partial charge on any atom is 0.244 e. The Kier molecular flexibility index (Phi) is 5.30. The SMILES string of the molecule is Cc1ccc(S(=O)(=O)N2[C@@H](c3ccccc3)C[C@H]2C(=O)c2ccc(Cl)cc2)cc1. The number of aryl methyl sites for hydroxylation is 1. The first-order valence-corrected chi connectivity index (χ1v) is 11.1. The van der Waals surface area contributed by atoms with Crippen LogP contribution in [0.5, 0.6) is 0 Å². The second kappa shape index (κ2) is 7.75. The Morgan fingerprint density at radius 1 is 0.931 bits per heavy atom. The number of carbonyl (C=O) groups excluding carboxylic acids is 1. The summed E-state index contributed by atoms with van der Waals surface area (Å²) in [5, 5.41) is 0.529. The standard InChI is InChI=1S/C23H20ClNO3S/c1-16-7-13-20(14-8-16)29(27,28)25-21(17-5-3-2-4-6-17)15-22(25)23(26)18-9-11-19(24)12-10-18/h2-14,21-22H,15H2,1H3/t21-,22+/m1/s1. The largest absolute Gasteiger partial charge is 0.292 e. The Labute approximate surface area is 175 Å². The lowest BCUT2D eigenvalue weighted by atomic mass is 9.86. The van der Waals surface area contributed by atoms with Crippen LogP contribution < -0.4 is 0 Å². The molecule has 148 valence electrons. The summed E-state index contributed by atoms with van der Waals surface area (Å²) >= 11 is 5.92. The smallest absolute Gasteiger partial charge is 0.244 e. The van der Waals surface area contributed by atoms with Gasteiger partial charge in [-0.1, -0.05) is 59.6 Å². The number of carbonyl (C=O) groups is 1. The average molecular weight is 426 g/mol. The molecular formula is C23H20ClNO3S. The summed E-state index contributed by atoms with van der Waals surface area (Å²) in [6, 6.07) is 21.6. The molecule has 0 spiro atoms. The number of hydrogen-bond acceptors (Lipinski definition) is 3. The average Bonchev–Trinajstić information content (AvgIpc) is 2.68. The minimum absolute atomic E-state index is 0.192. The van der Waals surface area contributed by atoms with Crippen molar-refractivity contribution < 1.29 is 13.2 Å². The van der Waals surface area contributed by atoms with Crippen LogP contribution in [0.3, 0.4) is 0 Å². The molecule has 3 aromatic carbocycles. The van der Waals surface area contributed by atoms with E-state index in [2.05, 4.69) is 0 Å². The molecule has 1 aliphatic rings. The van der Waals surface area contributed by atoms with Crippen molar-refractivity contribution in [2.24, 2.45) is 0 Å². The van der Waals surface area contributed by atoms with Gasteiger partial charge >= 0.3 is 0 Å². The Hall–Kier alpha value is -2.47. The van der Waals surface area contributed by atoms with Crippen LogP contribution in [0.4, 0.5) is 0 Å². The molecule has 0 bridgehead atoms. The summed E-state index contributed by atoms with van der Waals surface area (Å²) in [6.07, 6.45) is 0.441. The first-order chi connectivity index (χ1) is 13.9.